The number of halogens is 3. The van der Waals surface area contributed by atoms with Gasteiger partial charge in [-0.1, -0.05) is 53.7 Å². The van der Waals surface area contributed by atoms with E-state index in [1.807, 2.05) is 47.6 Å². The van der Waals surface area contributed by atoms with E-state index in [1.165, 1.54) is 6.07 Å². The maximum Gasteiger partial charge on any atom is 0.416 e. The van der Waals surface area contributed by atoms with E-state index in [1.54, 1.807) is 6.07 Å². The topological polar surface area (TPSA) is 0 Å². The van der Waals surface area contributed by atoms with Crippen LogP contribution in [0.5, 0.6) is 0 Å². The standard InChI is InChI=1S/C17H25F3/c1-15(2,3)10-9-12-7-8-13(16(4,5)6)11-14(12)17(18,19)20/h7-8,11H,9-10H2,1-6H3. The van der Waals surface area contributed by atoms with Crippen LogP contribution in [-0.2, 0) is 18.0 Å². The fraction of sp³-hybridized carbons (Fsp3) is 0.647. The molecule has 0 aliphatic heterocycles. The average molecular weight is 286 g/mol. The molecule has 1 rings (SSSR count). The third kappa shape index (κ3) is 4.84. The maximum atomic E-state index is 13.2. The van der Waals surface area contributed by atoms with Gasteiger partial charge in [-0.15, -0.1) is 0 Å². The Bertz CT molecular complexity index is 457. The van der Waals surface area contributed by atoms with Gasteiger partial charge in [0, 0.05) is 0 Å². The molecule has 0 aliphatic rings. The van der Waals surface area contributed by atoms with E-state index in [0.717, 1.165) is 12.0 Å². The molecular weight excluding hydrogens is 261 g/mol. The van der Waals surface area contributed by atoms with Crippen molar-refractivity contribution in [2.45, 2.75) is 66.0 Å². The molecule has 0 radical (unpaired) electrons. The second kappa shape index (κ2) is 5.42. The zero-order valence-corrected chi connectivity index (χ0v) is 13.3. The van der Waals surface area contributed by atoms with Crippen LogP contribution in [0.3, 0.4) is 0 Å². The molecule has 0 atom stereocenters. The summed E-state index contributed by atoms with van der Waals surface area (Å²) in [6, 6.07) is 4.79. The molecule has 0 amide bonds. The number of aryl methyl sites for hydroxylation is 1. The minimum absolute atomic E-state index is 0.0333. The maximum absolute atomic E-state index is 13.2. The number of hydrogen-bond donors (Lipinski definition) is 0. The Hall–Kier alpha value is -0.990. The summed E-state index contributed by atoms with van der Waals surface area (Å²) in [6.45, 7) is 11.9. The fourth-order valence-electron chi connectivity index (χ4n) is 2.03. The van der Waals surface area contributed by atoms with Gasteiger partial charge in [-0.05, 0) is 40.9 Å². The lowest BCUT2D eigenvalue weighted by Crippen LogP contribution is -2.17. The van der Waals surface area contributed by atoms with E-state index in [0.29, 0.717) is 12.0 Å². The van der Waals surface area contributed by atoms with Crippen LogP contribution in [0.2, 0.25) is 0 Å². The van der Waals surface area contributed by atoms with Crippen molar-refractivity contribution in [2.75, 3.05) is 0 Å². The van der Waals surface area contributed by atoms with Crippen molar-refractivity contribution in [3.8, 4) is 0 Å². The van der Waals surface area contributed by atoms with Gasteiger partial charge in [-0.2, -0.15) is 13.2 Å². The molecule has 0 bridgehead atoms. The van der Waals surface area contributed by atoms with Crippen molar-refractivity contribution < 1.29 is 13.2 Å². The predicted molar refractivity (Wildman–Crippen MR) is 77.9 cm³/mol. The second-order valence-corrected chi connectivity index (χ2v) is 7.68. The Balaban J connectivity index is 3.18. The molecule has 114 valence electrons. The number of hydrogen-bond acceptors (Lipinski definition) is 0. The summed E-state index contributed by atoms with van der Waals surface area (Å²) in [6.07, 6.45) is -3.08. The van der Waals surface area contributed by atoms with E-state index < -0.39 is 11.7 Å². The normalized spacial score (nSPS) is 13.7. The van der Waals surface area contributed by atoms with Gasteiger partial charge in [0.1, 0.15) is 0 Å². The summed E-state index contributed by atoms with van der Waals surface area (Å²) in [5.41, 5.74) is 0.410. The van der Waals surface area contributed by atoms with Crippen LogP contribution in [0, 0.1) is 5.41 Å². The molecule has 3 heteroatoms. The smallest absolute Gasteiger partial charge is 0.166 e. The molecule has 0 N–H and O–H groups in total. The van der Waals surface area contributed by atoms with E-state index >= 15 is 0 Å². The first-order valence-corrected chi connectivity index (χ1v) is 7.01. The Kier molecular flexibility index (Phi) is 4.62. The van der Waals surface area contributed by atoms with Crippen LogP contribution in [0.25, 0.3) is 0 Å². The first-order chi connectivity index (χ1) is 8.81. The SMILES string of the molecule is CC(C)(C)CCc1ccc(C(C)(C)C)cc1C(F)(F)F. The van der Waals surface area contributed by atoms with Crippen LogP contribution >= 0.6 is 0 Å². The molecule has 1 aromatic rings. The molecule has 0 spiro atoms. The predicted octanol–water partition coefficient (Wildman–Crippen LogP) is 5.98. The van der Waals surface area contributed by atoms with Crippen LogP contribution < -0.4 is 0 Å². The van der Waals surface area contributed by atoms with Crippen molar-refractivity contribution in [3.05, 3.63) is 34.9 Å². The second-order valence-electron chi connectivity index (χ2n) is 7.68. The van der Waals surface area contributed by atoms with Crippen molar-refractivity contribution in [2.24, 2.45) is 5.41 Å². The zero-order chi connectivity index (χ0) is 15.8. The Morgan fingerprint density at radius 2 is 1.45 bits per heavy atom. The molecule has 0 heterocycles. The molecule has 0 aliphatic carbocycles. The highest BCUT2D eigenvalue weighted by molar-refractivity contribution is 5.37. The minimum atomic E-state index is -4.28. The molecule has 1 aromatic carbocycles. The van der Waals surface area contributed by atoms with Gasteiger partial charge in [0.25, 0.3) is 0 Å². The van der Waals surface area contributed by atoms with Crippen LogP contribution in [0.4, 0.5) is 13.2 Å². The van der Waals surface area contributed by atoms with Gasteiger partial charge < -0.3 is 0 Å². The lowest BCUT2D eigenvalue weighted by atomic mass is 9.83. The first-order valence-electron chi connectivity index (χ1n) is 7.01. The van der Waals surface area contributed by atoms with Gasteiger partial charge in [0.05, 0.1) is 5.56 Å². The first kappa shape index (κ1) is 17.1. The lowest BCUT2D eigenvalue weighted by molar-refractivity contribution is -0.138. The summed E-state index contributed by atoms with van der Waals surface area (Å²) in [5.74, 6) is 0. The number of alkyl halides is 3. The van der Waals surface area contributed by atoms with Crippen LogP contribution in [-0.4, -0.2) is 0 Å². The monoisotopic (exact) mass is 286 g/mol. The van der Waals surface area contributed by atoms with Crippen molar-refractivity contribution in [1.82, 2.24) is 0 Å². The third-order valence-electron chi connectivity index (χ3n) is 3.43. The van der Waals surface area contributed by atoms with E-state index in [4.69, 9.17) is 0 Å². The summed E-state index contributed by atoms with van der Waals surface area (Å²) in [4.78, 5) is 0. The highest BCUT2D eigenvalue weighted by Gasteiger charge is 2.34. The van der Waals surface area contributed by atoms with Gasteiger partial charge in [-0.25, -0.2) is 0 Å². The van der Waals surface area contributed by atoms with Gasteiger partial charge >= 0.3 is 6.18 Å². The highest BCUT2D eigenvalue weighted by atomic mass is 19.4. The summed E-state index contributed by atoms with van der Waals surface area (Å²) < 4.78 is 39.7. The number of benzene rings is 1. The van der Waals surface area contributed by atoms with Crippen molar-refractivity contribution in [1.29, 1.82) is 0 Å². The quantitative estimate of drug-likeness (QED) is 0.627. The number of rotatable bonds is 2. The Morgan fingerprint density at radius 1 is 0.900 bits per heavy atom. The largest absolute Gasteiger partial charge is 0.416 e. The fourth-order valence-corrected chi connectivity index (χ4v) is 2.03. The lowest BCUT2D eigenvalue weighted by Gasteiger charge is -2.24. The molecule has 0 unspecified atom stereocenters. The van der Waals surface area contributed by atoms with E-state index in [-0.39, 0.29) is 10.8 Å². The molecule has 0 nitrogen and oxygen atoms in total. The molecule has 0 saturated heterocycles. The summed E-state index contributed by atoms with van der Waals surface area (Å²) in [7, 11) is 0. The average Bonchev–Trinajstić information content (AvgIpc) is 2.22. The van der Waals surface area contributed by atoms with Gasteiger partial charge in [0.2, 0.25) is 0 Å². The van der Waals surface area contributed by atoms with Crippen molar-refractivity contribution in [3.63, 3.8) is 0 Å². The third-order valence-corrected chi connectivity index (χ3v) is 3.43. The highest BCUT2D eigenvalue weighted by Crippen LogP contribution is 2.36. The molecule has 0 aromatic heterocycles. The zero-order valence-electron chi connectivity index (χ0n) is 13.3. The van der Waals surface area contributed by atoms with Gasteiger partial charge in [-0.3, -0.25) is 0 Å². The molecule has 0 fully saturated rings. The Labute approximate surface area is 120 Å². The summed E-state index contributed by atoms with van der Waals surface area (Å²) in [5, 5.41) is 0. The molecular formula is C17H25F3. The van der Waals surface area contributed by atoms with E-state index in [2.05, 4.69) is 0 Å². The minimum Gasteiger partial charge on any atom is -0.166 e. The Morgan fingerprint density at radius 3 is 1.85 bits per heavy atom. The van der Waals surface area contributed by atoms with E-state index in [9.17, 15) is 13.2 Å². The van der Waals surface area contributed by atoms with Gasteiger partial charge in [0.15, 0.2) is 0 Å². The molecule has 20 heavy (non-hydrogen) atoms. The van der Waals surface area contributed by atoms with Crippen LogP contribution in [0.15, 0.2) is 18.2 Å². The molecule has 0 saturated carbocycles. The van der Waals surface area contributed by atoms with Crippen molar-refractivity contribution >= 4 is 0 Å². The summed E-state index contributed by atoms with van der Waals surface area (Å²) >= 11 is 0. The van der Waals surface area contributed by atoms with Crippen LogP contribution in [0.1, 0.15) is 64.7 Å².